The van der Waals surface area contributed by atoms with Crippen LogP contribution in [0.2, 0.25) is 0 Å². The van der Waals surface area contributed by atoms with E-state index >= 15 is 0 Å². The maximum absolute atomic E-state index is 10.7. The molecule has 2 aromatic rings. The molecule has 0 amide bonds. The Bertz CT molecular complexity index is 621. The zero-order chi connectivity index (χ0) is 15.1. The van der Waals surface area contributed by atoms with Crippen molar-refractivity contribution >= 4 is 12.0 Å². The molecule has 4 nitrogen and oxygen atoms in total. The quantitative estimate of drug-likeness (QED) is 0.448. The predicted octanol–water partition coefficient (Wildman–Crippen LogP) is -0.993. The molecule has 0 aliphatic carbocycles. The Balaban J connectivity index is 0.00000242. The van der Waals surface area contributed by atoms with Gasteiger partial charge in [0.2, 0.25) is 0 Å². The SMILES string of the molecule is CO/C(=C\c1ccc(OCc2ccccc2)cc1)C(=O)[O-].[Cs+]. The van der Waals surface area contributed by atoms with E-state index in [1.54, 1.807) is 24.3 Å². The number of ether oxygens (including phenoxy) is 2. The third-order valence-electron chi connectivity index (χ3n) is 2.85. The fourth-order valence-electron chi connectivity index (χ4n) is 1.75. The second-order valence-electron chi connectivity index (χ2n) is 4.34. The van der Waals surface area contributed by atoms with Crippen molar-refractivity contribution in [1.82, 2.24) is 0 Å². The molecule has 0 spiro atoms. The molecule has 2 aromatic carbocycles. The van der Waals surface area contributed by atoms with Crippen molar-refractivity contribution in [2.24, 2.45) is 0 Å². The number of carbonyl (C=O) groups is 1. The van der Waals surface area contributed by atoms with Crippen LogP contribution in [0.3, 0.4) is 0 Å². The van der Waals surface area contributed by atoms with Crippen molar-refractivity contribution in [3.05, 3.63) is 71.5 Å². The summed E-state index contributed by atoms with van der Waals surface area (Å²) in [5, 5.41) is 10.7. The van der Waals surface area contributed by atoms with Crippen molar-refractivity contribution in [2.45, 2.75) is 6.61 Å². The molecule has 0 saturated heterocycles. The summed E-state index contributed by atoms with van der Waals surface area (Å²) in [6.07, 6.45) is 1.40. The second-order valence-corrected chi connectivity index (χ2v) is 4.34. The molecular weight excluding hydrogens is 401 g/mol. The Kier molecular flexibility index (Phi) is 8.92. The first kappa shape index (κ1) is 19.3. The summed E-state index contributed by atoms with van der Waals surface area (Å²) >= 11 is 0. The number of rotatable bonds is 6. The summed E-state index contributed by atoms with van der Waals surface area (Å²) in [5.74, 6) is -0.849. The summed E-state index contributed by atoms with van der Waals surface area (Å²) in [6.45, 7) is 0.485. The molecule has 0 aromatic heterocycles. The minimum absolute atomic E-state index is 0. The van der Waals surface area contributed by atoms with E-state index in [9.17, 15) is 9.90 Å². The van der Waals surface area contributed by atoms with Gasteiger partial charge < -0.3 is 19.4 Å². The van der Waals surface area contributed by atoms with Crippen molar-refractivity contribution < 1.29 is 88.3 Å². The molecule has 0 aliphatic heterocycles. The van der Waals surface area contributed by atoms with E-state index in [2.05, 4.69) is 0 Å². The fourth-order valence-corrected chi connectivity index (χ4v) is 1.75. The molecule has 0 fully saturated rings. The number of carbonyl (C=O) groups excluding carboxylic acids is 1. The first-order valence-corrected chi connectivity index (χ1v) is 6.43. The molecule has 0 saturated carbocycles. The van der Waals surface area contributed by atoms with E-state index in [0.717, 1.165) is 5.56 Å². The van der Waals surface area contributed by atoms with E-state index in [4.69, 9.17) is 9.47 Å². The summed E-state index contributed by atoms with van der Waals surface area (Å²) in [4.78, 5) is 10.7. The smallest absolute Gasteiger partial charge is 0.542 e. The van der Waals surface area contributed by atoms with Crippen LogP contribution in [0.4, 0.5) is 0 Å². The van der Waals surface area contributed by atoms with Gasteiger partial charge in [0.1, 0.15) is 24.1 Å². The van der Waals surface area contributed by atoms with Gasteiger partial charge in [-0.25, -0.2) is 0 Å². The number of hydrogen-bond donors (Lipinski definition) is 0. The Labute approximate surface area is 188 Å². The number of aliphatic carboxylic acids is 1. The van der Waals surface area contributed by atoms with Gasteiger partial charge in [-0.05, 0) is 29.3 Å². The number of hydrogen-bond acceptors (Lipinski definition) is 4. The molecule has 0 bridgehead atoms. The average molecular weight is 416 g/mol. The van der Waals surface area contributed by atoms with Gasteiger partial charge in [-0.15, -0.1) is 0 Å². The molecule has 108 valence electrons. The van der Waals surface area contributed by atoms with Gasteiger partial charge in [-0.3, -0.25) is 0 Å². The molecule has 0 N–H and O–H groups in total. The average Bonchev–Trinajstić information content (AvgIpc) is 2.52. The molecule has 0 heterocycles. The van der Waals surface area contributed by atoms with Crippen LogP contribution >= 0.6 is 0 Å². The number of carboxylic acids is 1. The fraction of sp³-hybridized carbons (Fsp3) is 0.118. The normalized spacial score (nSPS) is 10.5. The maximum Gasteiger partial charge on any atom is 1.00 e. The summed E-state index contributed by atoms with van der Waals surface area (Å²) < 4.78 is 10.4. The van der Waals surface area contributed by atoms with Crippen LogP contribution < -0.4 is 78.7 Å². The van der Waals surface area contributed by atoms with Gasteiger partial charge in [0.05, 0.1) is 7.11 Å². The summed E-state index contributed by atoms with van der Waals surface area (Å²) in [7, 11) is 1.29. The second kappa shape index (κ2) is 10.1. The van der Waals surface area contributed by atoms with Gasteiger partial charge >= 0.3 is 68.9 Å². The molecule has 0 radical (unpaired) electrons. The van der Waals surface area contributed by atoms with Crippen LogP contribution in [0.1, 0.15) is 11.1 Å². The van der Waals surface area contributed by atoms with Crippen LogP contribution in [-0.4, -0.2) is 13.1 Å². The van der Waals surface area contributed by atoms with E-state index in [0.29, 0.717) is 17.9 Å². The third-order valence-corrected chi connectivity index (χ3v) is 2.85. The maximum atomic E-state index is 10.7. The largest absolute Gasteiger partial charge is 1.00 e. The zero-order valence-electron chi connectivity index (χ0n) is 12.6. The van der Waals surface area contributed by atoms with Crippen LogP contribution in [0.5, 0.6) is 5.75 Å². The predicted molar refractivity (Wildman–Crippen MR) is 77.2 cm³/mol. The van der Waals surface area contributed by atoms with Crippen molar-refractivity contribution in [1.29, 1.82) is 0 Å². The molecule has 0 atom stereocenters. The summed E-state index contributed by atoms with van der Waals surface area (Å²) in [6, 6.07) is 16.9. The van der Waals surface area contributed by atoms with Crippen molar-refractivity contribution in [3.63, 3.8) is 0 Å². The van der Waals surface area contributed by atoms with Gasteiger partial charge in [0.25, 0.3) is 0 Å². The number of benzene rings is 2. The van der Waals surface area contributed by atoms with Crippen LogP contribution in [-0.2, 0) is 16.1 Å². The van der Waals surface area contributed by atoms with Crippen LogP contribution in [0.15, 0.2) is 60.4 Å². The standard InChI is InChI=1S/C17H16O4.Cs/c1-20-16(17(18)19)11-13-7-9-15(10-8-13)21-12-14-5-3-2-4-6-14;/h2-11H,12H2,1H3,(H,18,19);/q;+1/p-1/b16-11-;. The molecule has 0 aliphatic rings. The molecule has 2 rings (SSSR count). The molecule has 0 unspecified atom stereocenters. The van der Waals surface area contributed by atoms with Crippen LogP contribution in [0, 0.1) is 0 Å². The Morgan fingerprint density at radius 1 is 1.09 bits per heavy atom. The Morgan fingerprint density at radius 3 is 2.27 bits per heavy atom. The Hall–Kier alpha value is -0.698. The molecule has 5 heteroatoms. The van der Waals surface area contributed by atoms with Gasteiger partial charge in [0.15, 0.2) is 0 Å². The third kappa shape index (κ3) is 6.20. The van der Waals surface area contributed by atoms with Crippen molar-refractivity contribution in [2.75, 3.05) is 7.11 Å². The van der Waals surface area contributed by atoms with E-state index in [-0.39, 0.29) is 74.7 Å². The van der Waals surface area contributed by atoms with Gasteiger partial charge in [-0.1, -0.05) is 42.5 Å². The first-order chi connectivity index (χ1) is 10.2. The molecule has 22 heavy (non-hydrogen) atoms. The van der Waals surface area contributed by atoms with E-state index in [1.165, 1.54) is 13.2 Å². The van der Waals surface area contributed by atoms with Crippen molar-refractivity contribution in [3.8, 4) is 5.75 Å². The minimum Gasteiger partial charge on any atom is -0.542 e. The van der Waals surface area contributed by atoms with Crippen LogP contribution in [0.25, 0.3) is 6.08 Å². The summed E-state index contributed by atoms with van der Waals surface area (Å²) in [5.41, 5.74) is 1.78. The van der Waals surface area contributed by atoms with E-state index < -0.39 is 5.97 Å². The van der Waals surface area contributed by atoms with E-state index in [1.807, 2.05) is 30.3 Å². The topological polar surface area (TPSA) is 58.6 Å². The number of methoxy groups -OCH3 is 1. The van der Waals surface area contributed by atoms with Gasteiger partial charge in [-0.2, -0.15) is 0 Å². The monoisotopic (exact) mass is 416 g/mol. The zero-order valence-corrected chi connectivity index (χ0v) is 18.9. The minimum atomic E-state index is -1.35. The van der Waals surface area contributed by atoms with Gasteiger partial charge in [0, 0.05) is 0 Å². The molecular formula is C17H15CsO4. The Morgan fingerprint density at radius 2 is 1.73 bits per heavy atom. The number of carboxylic acid groups (broad SMARTS) is 1. The first-order valence-electron chi connectivity index (χ1n) is 6.43.